The van der Waals surface area contributed by atoms with Gasteiger partial charge in [0.1, 0.15) is 17.7 Å². The van der Waals surface area contributed by atoms with Crippen molar-refractivity contribution in [1.82, 2.24) is 10.3 Å². The van der Waals surface area contributed by atoms with Gasteiger partial charge in [0, 0.05) is 6.07 Å². The summed E-state index contributed by atoms with van der Waals surface area (Å²) in [6, 6.07) is 10.7. The fourth-order valence-electron chi connectivity index (χ4n) is 4.60. The smallest absolute Gasteiger partial charge is 0.259 e. The number of pyridine rings is 1. The third-order valence-corrected chi connectivity index (χ3v) is 7.15. The van der Waals surface area contributed by atoms with Gasteiger partial charge in [-0.25, -0.2) is 4.98 Å². The van der Waals surface area contributed by atoms with Gasteiger partial charge in [-0.05, 0) is 81.7 Å². The molecule has 7 nitrogen and oxygen atoms in total. The third kappa shape index (κ3) is 3.41. The first-order chi connectivity index (χ1) is 15.5. The van der Waals surface area contributed by atoms with Gasteiger partial charge in [-0.2, -0.15) is 5.26 Å². The molecule has 164 valence electrons. The maximum atomic E-state index is 13.5. The lowest BCUT2D eigenvalue weighted by Gasteiger charge is -2.42. The lowest BCUT2D eigenvalue weighted by Crippen LogP contribution is -2.55. The summed E-state index contributed by atoms with van der Waals surface area (Å²) in [4.78, 5) is 21.5. The normalized spacial score (nSPS) is 20.4. The molecule has 0 radical (unpaired) electrons. The Morgan fingerprint density at radius 3 is 2.56 bits per heavy atom. The molecule has 1 aromatic heterocycles. The van der Waals surface area contributed by atoms with Crippen LogP contribution in [-0.2, 0) is 4.79 Å². The van der Waals surface area contributed by atoms with E-state index >= 15 is 0 Å². The van der Waals surface area contributed by atoms with Crippen molar-refractivity contribution >= 4 is 46.2 Å². The molecule has 2 aliphatic heterocycles. The van der Waals surface area contributed by atoms with Gasteiger partial charge in [0.15, 0.2) is 5.11 Å². The largest absolute Gasteiger partial charge is 0.474 e. The summed E-state index contributed by atoms with van der Waals surface area (Å²) in [5.74, 6) is 0.514. The SMILES string of the molecule is N#Cc1ccc(N2C(=O)C3(CCC3)N(c3ccc(OC4CCNCC4)nc3)C2=S)cc1Cl. The Balaban J connectivity index is 1.43. The molecule has 1 amide bonds. The van der Waals surface area contributed by atoms with E-state index in [4.69, 9.17) is 33.8 Å². The van der Waals surface area contributed by atoms with Gasteiger partial charge in [0.25, 0.3) is 5.91 Å². The number of piperidine rings is 1. The van der Waals surface area contributed by atoms with Gasteiger partial charge in [-0.3, -0.25) is 9.69 Å². The van der Waals surface area contributed by atoms with Gasteiger partial charge in [0.2, 0.25) is 5.88 Å². The fourth-order valence-corrected chi connectivity index (χ4v) is 5.29. The Hall–Kier alpha value is -2.73. The van der Waals surface area contributed by atoms with Gasteiger partial charge < -0.3 is 15.0 Å². The molecule has 0 unspecified atom stereocenters. The van der Waals surface area contributed by atoms with E-state index < -0.39 is 5.54 Å². The van der Waals surface area contributed by atoms with Gasteiger partial charge in [-0.15, -0.1) is 0 Å². The van der Waals surface area contributed by atoms with E-state index in [-0.39, 0.29) is 12.0 Å². The zero-order chi connectivity index (χ0) is 22.3. The molecular weight excluding hydrogens is 446 g/mol. The number of thiocarbonyl (C=S) groups is 1. The summed E-state index contributed by atoms with van der Waals surface area (Å²) >= 11 is 12.0. The number of nitrogens with one attached hydrogen (secondary N) is 1. The number of rotatable bonds is 4. The minimum Gasteiger partial charge on any atom is -0.474 e. The zero-order valence-corrected chi connectivity index (χ0v) is 19.0. The lowest BCUT2D eigenvalue weighted by molar-refractivity contribution is -0.123. The second-order valence-corrected chi connectivity index (χ2v) is 9.11. The molecule has 5 rings (SSSR count). The Morgan fingerprint density at radius 2 is 1.97 bits per heavy atom. The Morgan fingerprint density at radius 1 is 1.22 bits per heavy atom. The predicted octanol–water partition coefficient (Wildman–Crippen LogP) is 3.80. The number of amides is 1. The minimum atomic E-state index is -0.698. The summed E-state index contributed by atoms with van der Waals surface area (Å²) in [5.41, 5.74) is 0.993. The average molecular weight is 468 g/mol. The van der Waals surface area contributed by atoms with Gasteiger partial charge in [0.05, 0.1) is 28.2 Å². The van der Waals surface area contributed by atoms with E-state index in [2.05, 4.69) is 10.3 Å². The molecule has 1 aromatic carbocycles. The van der Waals surface area contributed by atoms with Crippen LogP contribution >= 0.6 is 23.8 Å². The zero-order valence-electron chi connectivity index (χ0n) is 17.4. The molecule has 2 aromatic rings. The van der Waals surface area contributed by atoms with Crippen molar-refractivity contribution in [2.75, 3.05) is 22.9 Å². The summed E-state index contributed by atoms with van der Waals surface area (Å²) in [6.07, 6.45) is 6.21. The Bertz CT molecular complexity index is 1110. The maximum Gasteiger partial charge on any atom is 0.259 e. The number of aromatic nitrogens is 1. The monoisotopic (exact) mass is 467 g/mol. The average Bonchev–Trinajstić information content (AvgIpc) is 3.02. The van der Waals surface area contributed by atoms with E-state index in [9.17, 15) is 4.79 Å². The van der Waals surface area contributed by atoms with Crippen molar-refractivity contribution in [2.45, 2.75) is 43.7 Å². The molecule has 1 N–H and O–H groups in total. The van der Waals surface area contributed by atoms with Crippen LogP contribution in [0.25, 0.3) is 0 Å². The Kier molecular flexibility index (Phi) is 5.49. The number of halogens is 1. The number of anilines is 2. The number of carbonyl (C=O) groups is 1. The second-order valence-electron chi connectivity index (χ2n) is 8.34. The standard InChI is InChI=1S/C23H22ClN5O2S/c24-19-12-16(3-2-15(19)13-25)28-21(30)23(8-1-9-23)29(22(28)32)17-4-5-20(27-14-17)31-18-6-10-26-11-7-18/h2-5,12,14,18,26H,1,6-11H2. The minimum absolute atomic E-state index is 0.0652. The number of nitriles is 1. The number of hydrogen-bond acceptors (Lipinski definition) is 6. The van der Waals surface area contributed by atoms with Crippen molar-refractivity contribution in [1.29, 1.82) is 5.26 Å². The molecule has 1 saturated carbocycles. The van der Waals surface area contributed by atoms with Crippen LogP contribution in [0.4, 0.5) is 11.4 Å². The molecular formula is C23H22ClN5O2S. The van der Waals surface area contributed by atoms with Crippen LogP contribution in [0.2, 0.25) is 5.02 Å². The topological polar surface area (TPSA) is 81.5 Å². The molecule has 3 heterocycles. The van der Waals surface area contributed by atoms with Crippen molar-refractivity contribution < 1.29 is 9.53 Å². The Labute approximate surface area is 196 Å². The maximum absolute atomic E-state index is 13.5. The highest BCUT2D eigenvalue weighted by atomic mass is 35.5. The van der Waals surface area contributed by atoms with E-state index in [0.29, 0.717) is 27.3 Å². The first-order valence-electron chi connectivity index (χ1n) is 10.8. The van der Waals surface area contributed by atoms with Gasteiger partial charge in [-0.1, -0.05) is 11.6 Å². The number of nitrogens with zero attached hydrogens (tertiary/aromatic N) is 4. The highest BCUT2D eigenvalue weighted by molar-refractivity contribution is 7.81. The first kappa shape index (κ1) is 21.1. The third-order valence-electron chi connectivity index (χ3n) is 6.48. The number of carbonyl (C=O) groups excluding carboxylic acids is 1. The number of benzene rings is 1. The molecule has 0 atom stereocenters. The van der Waals surface area contributed by atoms with Crippen molar-refractivity contribution in [3.63, 3.8) is 0 Å². The molecule has 0 bridgehead atoms. The second kappa shape index (κ2) is 8.32. The summed E-state index contributed by atoms with van der Waals surface area (Å²) in [6.45, 7) is 1.90. The number of ether oxygens (including phenoxy) is 1. The molecule has 3 aliphatic rings. The molecule has 1 aliphatic carbocycles. The molecule has 9 heteroatoms. The predicted molar refractivity (Wildman–Crippen MR) is 126 cm³/mol. The van der Waals surface area contributed by atoms with Crippen molar-refractivity contribution in [2.24, 2.45) is 0 Å². The van der Waals surface area contributed by atoms with Crippen LogP contribution in [0.3, 0.4) is 0 Å². The molecule has 32 heavy (non-hydrogen) atoms. The fraction of sp³-hybridized carbons (Fsp3) is 0.391. The van der Waals surface area contributed by atoms with Crippen LogP contribution < -0.4 is 19.9 Å². The summed E-state index contributed by atoms with van der Waals surface area (Å²) < 4.78 is 6.02. The van der Waals surface area contributed by atoms with Gasteiger partial charge >= 0.3 is 0 Å². The van der Waals surface area contributed by atoms with Crippen LogP contribution in [0.1, 0.15) is 37.7 Å². The summed E-state index contributed by atoms with van der Waals surface area (Å²) in [7, 11) is 0. The van der Waals surface area contributed by atoms with Crippen LogP contribution in [0, 0.1) is 11.3 Å². The summed E-state index contributed by atoms with van der Waals surface area (Å²) in [5, 5.41) is 13.2. The van der Waals surface area contributed by atoms with Crippen LogP contribution in [0.5, 0.6) is 5.88 Å². The van der Waals surface area contributed by atoms with Crippen LogP contribution in [-0.4, -0.2) is 40.7 Å². The molecule has 2 saturated heterocycles. The highest BCUT2D eigenvalue weighted by Gasteiger charge is 2.59. The van der Waals surface area contributed by atoms with Crippen molar-refractivity contribution in [3.05, 3.63) is 47.1 Å². The van der Waals surface area contributed by atoms with E-state index in [1.807, 2.05) is 23.1 Å². The quantitative estimate of drug-likeness (QED) is 0.685. The highest BCUT2D eigenvalue weighted by Crippen LogP contribution is 2.48. The van der Waals surface area contributed by atoms with E-state index in [1.165, 1.54) is 4.90 Å². The first-order valence-corrected chi connectivity index (χ1v) is 11.5. The van der Waals surface area contributed by atoms with E-state index in [1.54, 1.807) is 24.4 Å². The van der Waals surface area contributed by atoms with Crippen molar-refractivity contribution in [3.8, 4) is 11.9 Å². The number of hydrogen-bond donors (Lipinski definition) is 1. The van der Waals surface area contributed by atoms with Crippen LogP contribution in [0.15, 0.2) is 36.5 Å². The molecule has 1 spiro atoms. The lowest BCUT2D eigenvalue weighted by atomic mass is 9.75. The molecule has 3 fully saturated rings. The van der Waals surface area contributed by atoms with E-state index in [0.717, 1.165) is 50.9 Å².